The maximum atomic E-state index is 14.0. The highest BCUT2D eigenvalue weighted by Crippen LogP contribution is 2.28. The Kier molecular flexibility index (Phi) is 7.21. The fourth-order valence-electron chi connectivity index (χ4n) is 2.43. The van der Waals surface area contributed by atoms with E-state index in [0.717, 1.165) is 37.6 Å². The van der Waals surface area contributed by atoms with Crippen LogP contribution in [0.15, 0.2) is 46.6 Å². The number of hydrogen-bond acceptors (Lipinski definition) is 2. The van der Waals surface area contributed by atoms with Crippen LogP contribution in [0, 0.1) is 11.6 Å². The van der Waals surface area contributed by atoms with Crippen molar-refractivity contribution in [2.24, 2.45) is 10.2 Å². The predicted octanol–water partition coefficient (Wildman–Crippen LogP) is 6.17. The average molecular weight is 382 g/mol. The van der Waals surface area contributed by atoms with Gasteiger partial charge in [0.05, 0.1) is 23.6 Å². The first-order valence-electron chi connectivity index (χ1n) is 8.53. The fraction of sp³-hybridized carbons (Fsp3) is 0.300. The van der Waals surface area contributed by atoms with Crippen LogP contribution in [-0.2, 0) is 12.6 Å². The highest BCUT2D eigenvalue weighted by atomic mass is 19.4. The molecule has 144 valence electrons. The highest BCUT2D eigenvalue weighted by Gasteiger charge is 2.29. The quantitative estimate of drug-likeness (QED) is 0.237. The zero-order valence-electron chi connectivity index (χ0n) is 14.7. The third-order valence-corrected chi connectivity index (χ3v) is 3.91. The van der Waals surface area contributed by atoms with E-state index in [1.54, 1.807) is 0 Å². The summed E-state index contributed by atoms with van der Waals surface area (Å²) in [4.78, 5) is 0. The Morgan fingerprint density at radius 2 is 1.48 bits per heavy atom. The second kappa shape index (κ2) is 9.39. The van der Waals surface area contributed by atoms with Gasteiger partial charge in [-0.3, -0.25) is 0 Å². The van der Waals surface area contributed by atoms with Crippen molar-refractivity contribution in [3.63, 3.8) is 0 Å². The molecule has 0 saturated carbocycles. The summed E-state index contributed by atoms with van der Waals surface area (Å²) in [7, 11) is 0. The van der Waals surface area contributed by atoms with Gasteiger partial charge in [-0.15, -0.1) is 0 Å². The Bertz CT molecular complexity index is 785. The van der Waals surface area contributed by atoms with Gasteiger partial charge in [-0.05, 0) is 48.2 Å². The van der Waals surface area contributed by atoms with Crippen LogP contribution in [0.25, 0.3) is 0 Å². The van der Waals surface area contributed by atoms with Crippen molar-refractivity contribution in [1.82, 2.24) is 0 Å². The van der Waals surface area contributed by atoms with E-state index >= 15 is 0 Å². The summed E-state index contributed by atoms with van der Waals surface area (Å²) < 4.78 is 65.5. The molecule has 0 radical (unpaired) electrons. The molecular formula is C20H19F5N2. The monoisotopic (exact) mass is 382 g/mol. The van der Waals surface area contributed by atoms with Crippen molar-refractivity contribution < 1.29 is 22.0 Å². The molecule has 0 atom stereocenters. The third kappa shape index (κ3) is 6.27. The minimum Gasteiger partial charge on any atom is -0.206 e. The van der Waals surface area contributed by atoms with E-state index in [2.05, 4.69) is 10.2 Å². The molecule has 2 aromatic carbocycles. The summed E-state index contributed by atoms with van der Waals surface area (Å²) in [6.07, 6.45) is 1.21. The van der Waals surface area contributed by atoms with Crippen LogP contribution in [0.3, 0.4) is 0 Å². The zero-order chi connectivity index (χ0) is 19.9. The first-order valence-corrected chi connectivity index (χ1v) is 8.53. The standard InChI is InChI=1S/C20H19F5N2/c1-2-3-4-5-15-10-18(21)17(19(22)11-15)13-27-26-12-14-6-8-16(9-7-14)20(23,24)25/h6-13H,2-5H2,1H3/b26-12+,27-13+. The van der Waals surface area contributed by atoms with Crippen LogP contribution in [-0.4, -0.2) is 12.4 Å². The van der Waals surface area contributed by atoms with Crippen LogP contribution in [0.5, 0.6) is 0 Å². The molecule has 0 N–H and O–H groups in total. The summed E-state index contributed by atoms with van der Waals surface area (Å²) in [6.45, 7) is 2.05. The molecule has 2 nitrogen and oxygen atoms in total. The van der Waals surface area contributed by atoms with E-state index < -0.39 is 23.4 Å². The van der Waals surface area contributed by atoms with Gasteiger partial charge in [0, 0.05) is 0 Å². The van der Waals surface area contributed by atoms with Crippen LogP contribution in [0.2, 0.25) is 0 Å². The second-order valence-corrected chi connectivity index (χ2v) is 6.04. The molecule has 0 spiro atoms. The van der Waals surface area contributed by atoms with E-state index in [9.17, 15) is 22.0 Å². The predicted molar refractivity (Wildman–Crippen MR) is 96.2 cm³/mol. The Labute approximate surface area is 154 Å². The molecule has 0 fully saturated rings. The van der Waals surface area contributed by atoms with Gasteiger partial charge >= 0.3 is 6.18 Å². The summed E-state index contributed by atoms with van der Waals surface area (Å²) in [5, 5.41) is 7.20. The smallest absolute Gasteiger partial charge is 0.206 e. The number of hydrogen-bond donors (Lipinski definition) is 0. The Hall–Kier alpha value is -2.57. The average Bonchev–Trinajstić information content (AvgIpc) is 2.60. The Morgan fingerprint density at radius 3 is 2.04 bits per heavy atom. The fourth-order valence-corrected chi connectivity index (χ4v) is 2.43. The van der Waals surface area contributed by atoms with Crippen LogP contribution < -0.4 is 0 Å². The molecule has 0 saturated heterocycles. The van der Waals surface area contributed by atoms with Crippen LogP contribution in [0.4, 0.5) is 22.0 Å². The maximum absolute atomic E-state index is 14.0. The first-order chi connectivity index (χ1) is 12.8. The minimum absolute atomic E-state index is 0.307. The molecule has 7 heteroatoms. The molecule has 0 heterocycles. The van der Waals surface area contributed by atoms with Crippen molar-refractivity contribution in [1.29, 1.82) is 0 Å². The number of alkyl halides is 3. The van der Waals surface area contributed by atoms with E-state index in [0.29, 0.717) is 17.5 Å². The maximum Gasteiger partial charge on any atom is 0.416 e. The molecule has 0 aromatic heterocycles. The molecule has 0 bridgehead atoms. The van der Waals surface area contributed by atoms with Crippen LogP contribution >= 0.6 is 0 Å². The lowest BCUT2D eigenvalue weighted by molar-refractivity contribution is -0.137. The van der Waals surface area contributed by atoms with Gasteiger partial charge in [0.2, 0.25) is 0 Å². The lowest BCUT2D eigenvalue weighted by Gasteiger charge is -2.05. The first kappa shape index (κ1) is 20.7. The van der Waals surface area contributed by atoms with Crippen molar-refractivity contribution in [3.05, 3.63) is 70.3 Å². The van der Waals surface area contributed by atoms with Crippen molar-refractivity contribution in [2.75, 3.05) is 0 Å². The summed E-state index contributed by atoms with van der Waals surface area (Å²) in [5.41, 5.74) is -0.110. The molecular weight excluding hydrogens is 363 g/mol. The molecule has 2 aromatic rings. The van der Waals surface area contributed by atoms with Gasteiger partial charge in [0.1, 0.15) is 11.6 Å². The molecule has 0 unspecified atom stereocenters. The molecule has 0 aliphatic carbocycles. The van der Waals surface area contributed by atoms with E-state index in [1.807, 2.05) is 6.92 Å². The largest absolute Gasteiger partial charge is 0.416 e. The number of benzene rings is 2. The summed E-state index contributed by atoms with van der Waals surface area (Å²) >= 11 is 0. The van der Waals surface area contributed by atoms with Crippen molar-refractivity contribution >= 4 is 12.4 Å². The number of halogens is 5. The van der Waals surface area contributed by atoms with E-state index in [1.165, 1.54) is 30.5 Å². The Morgan fingerprint density at radius 1 is 0.889 bits per heavy atom. The number of nitrogens with zero attached hydrogens (tertiary/aromatic N) is 2. The van der Waals surface area contributed by atoms with Gasteiger partial charge < -0.3 is 0 Å². The Balaban J connectivity index is 2.04. The number of aryl methyl sites for hydroxylation is 1. The zero-order valence-corrected chi connectivity index (χ0v) is 14.7. The topological polar surface area (TPSA) is 24.7 Å². The van der Waals surface area contributed by atoms with Gasteiger partial charge in [0.15, 0.2) is 0 Å². The third-order valence-electron chi connectivity index (χ3n) is 3.91. The molecule has 27 heavy (non-hydrogen) atoms. The van der Waals surface area contributed by atoms with Gasteiger partial charge in [0.25, 0.3) is 0 Å². The van der Waals surface area contributed by atoms with Crippen molar-refractivity contribution in [3.8, 4) is 0 Å². The minimum atomic E-state index is -4.41. The highest BCUT2D eigenvalue weighted by molar-refractivity contribution is 5.83. The molecule has 2 rings (SSSR count). The van der Waals surface area contributed by atoms with E-state index in [4.69, 9.17) is 0 Å². The number of rotatable bonds is 7. The van der Waals surface area contributed by atoms with Gasteiger partial charge in [-0.2, -0.15) is 23.4 Å². The molecule has 0 aliphatic heterocycles. The molecule has 0 amide bonds. The number of unbranched alkanes of at least 4 members (excludes halogenated alkanes) is 2. The summed E-state index contributed by atoms with van der Waals surface area (Å²) in [5.74, 6) is -1.45. The van der Waals surface area contributed by atoms with Crippen molar-refractivity contribution in [2.45, 2.75) is 38.8 Å². The lowest BCUT2D eigenvalue weighted by Crippen LogP contribution is -2.04. The normalized spacial score (nSPS) is 12.4. The van der Waals surface area contributed by atoms with Gasteiger partial charge in [-0.25, -0.2) is 8.78 Å². The lowest BCUT2D eigenvalue weighted by atomic mass is 10.0. The SMILES string of the molecule is CCCCCc1cc(F)c(/C=N/N=C/c2ccc(C(F)(F)F)cc2)c(F)c1. The van der Waals surface area contributed by atoms with Crippen LogP contribution in [0.1, 0.15) is 48.4 Å². The summed E-state index contributed by atoms with van der Waals surface area (Å²) in [6, 6.07) is 6.85. The second-order valence-electron chi connectivity index (χ2n) is 6.04. The van der Waals surface area contributed by atoms with E-state index in [-0.39, 0.29) is 5.56 Å². The molecule has 0 aliphatic rings. The van der Waals surface area contributed by atoms with Gasteiger partial charge in [-0.1, -0.05) is 31.9 Å².